The minimum absolute atomic E-state index is 0.178. The molecule has 31 heavy (non-hydrogen) atoms. The first kappa shape index (κ1) is 18.0. The minimum atomic E-state index is -0.190. The molecule has 2 fully saturated rings. The Morgan fingerprint density at radius 1 is 1.13 bits per heavy atom. The third-order valence-corrected chi connectivity index (χ3v) is 6.38. The maximum Gasteiger partial charge on any atom is 0.280 e. The Bertz CT molecular complexity index is 1340. The number of aryl methyl sites for hydroxylation is 1. The summed E-state index contributed by atoms with van der Waals surface area (Å²) in [6.45, 7) is 2.04. The second kappa shape index (κ2) is 6.59. The van der Waals surface area contributed by atoms with Crippen LogP contribution in [0.5, 0.6) is 0 Å². The quantitative estimate of drug-likeness (QED) is 0.446. The van der Waals surface area contributed by atoms with Crippen molar-refractivity contribution in [3.05, 3.63) is 64.6 Å². The first-order chi connectivity index (χ1) is 15.1. The number of aromatic nitrogens is 6. The van der Waals surface area contributed by atoms with E-state index in [-0.39, 0.29) is 18.0 Å². The molecule has 1 aliphatic heterocycles. The van der Waals surface area contributed by atoms with Crippen molar-refractivity contribution in [1.82, 2.24) is 29.2 Å². The lowest BCUT2D eigenvalue weighted by Crippen LogP contribution is -2.23. The zero-order chi connectivity index (χ0) is 21.1. The van der Waals surface area contributed by atoms with Gasteiger partial charge in [-0.1, -0.05) is 5.16 Å². The van der Waals surface area contributed by atoms with E-state index in [1.165, 1.54) is 10.9 Å². The van der Waals surface area contributed by atoms with Crippen molar-refractivity contribution >= 4 is 23.1 Å². The molecule has 156 valence electrons. The standard InChI is InChI=1S/C21H19N7O3/c1-26-10-22-20-18(26)21(30)28(11-23-20)8-16-24-19(25-31-16)17-14-6-27(7-15(14)17)13-4-2-12(9-29)3-5-13/h2-5,9-11,14-15,17H,6-8H2,1H3. The molecule has 2 unspecified atom stereocenters. The van der Waals surface area contributed by atoms with Gasteiger partial charge in [0.2, 0.25) is 5.89 Å². The van der Waals surface area contributed by atoms with E-state index in [1.807, 2.05) is 24.3 Å². The van der Waals surface area contributed by atoms with E-state index in [1.54, 1.807) is 17.9 Å². The third kappa shape index (κ3) is 2.86. The lowest BCUT2D eigenvalue weighted by molar-refractivity contribution is 0.112. The van der Waals surface area contributed by atoms with Crippen LogP contribution in [0, 0.1) is 11.8 Å². The number of imidazole rings is 1. The zero-order valence-corrected chi connectivity index (χ0v) is 16.8. The fourth-order valence-electron chi connectivity index (χ4n) is 4.68. The van der Waals surface area contributed by atoms with E-state index in [4.69, 9.17) is 4.52 Å². The van der Waals surface area contributed by atoms with Gasteiger partial charge in [0.25, 0.3) is 5.56 Å². The first-order valence-corrected chi connectivity index (χ1v) is 10.1. The van der Waals surface area contributed by atoms with Crippen LogP contribution in [-0.4, -0.2) is 48.6 Å². The predicted octanol–water partition coefficient (Wildman–Crippen LogP) is 1.22. The number of benzene rings is 1. The average molecular weight is 417 g/mol. The molecular weight excluding hydrogens is 398 g/mol. The number of piperidine rings is 1. The number of hydrogen-bond acceptors (Lipinski definition) is 8. The molecule has 2 aliphatic rings. The highest BCUT2D eigenvalue weighted by Crippen LogP contribution is 2.57. The van der Waals surface area contributed by atoms with Crippen LogP contribution in [0.2, 0.25) is 0 Å². The van der Waals surface area contributed by atoms with Crippen LogP contribution in [0.3, 0.4) is 0 Å². The summed E-state index contributed by atoms with van der Waals surface area (Å²) in [5.74, 6) is 2.38. The van der Waals surface area contributed by atoms with Gasteiger partial charge in [-0.3, -0.25) is 14.2 Å². The molecule has 3 aromatic heterocycles. The van der Waals surface area contributed by atoms with E-state index in [0.717, 1.165) is 25.1 Å². The van der Waals surface area contributed by atoms with Crippen LogP contribution >= 0.6 is 0 Å². The monoisotopic (exact) mass is 417 g/mol. The molecule has 10 nitrogen and oxygen atoms in total. The zero-order valence-electron chi connectivity index (χ0n) is 16.8. The minimum Gasteiger partial charge on any atom is -0.371 e. The first-order valence-electron chi connectivity index (χ1n) is 10.1. The highest BCUT2D eigenvalue weighted by molar-refractivity contribution is 5.75. The molecule has 1 aliphatic carbocycles. The Balaban J connectivity index is 1.15. The summed E-state index contributed by atoms with van der Waals surface area (Å²) in [5.41, 5.74) is 2.49. The Hall–Kier alpha value is -3.82. The molecule has 1 aromatic carbocycles. The van der Waals surface area contributed by atoms with Crippen molar-refractivity contribution in [2.45, 2.75) is 12.5 Å². The summed E-state index contributed by atoms with van der Waals surface area (Å²) < 4.78 is 8.55. The Labute approximate surface area is 176 Å². The molecule has 6 rings (SSSR count). The highest BCUT2D eigenvalue weighted by Gasteiger charge is 2.58. The van der Waals surface area contributed by atoms with Crippen molar-refractivity contribution in [3.8, 4) is 0 Å². The predicted molar refractivity (Wildman–Crippen MR) is 110 cm³/mol. The third-order valence-electron chi connectivity index (χ3n) is 6.38. The molecule has 0 spiro atoms. The van der Waals surface area contributed by atoms with Crippen molar-refractivity contribution in [1.29, 1.82) is 0 Å². The van der Waals surface area contributed by atoms with Gasteiger partial charge in [-0.2, -0.15) is 4.98 Å². The molecule has 1 saturated carbocycles. The lowest BCUT2D eigenvalue weighted by atomic mass is 10.2. The van der Waals surface area contributed by atoms with Gasteiger partial charge in [-0.05, 0) is 36.1 Å². The van der Waals surface area contributed by atoms with E-state index < -0.39 is 0 Å². The molecule has 0 amide bonds. The van der Waals surface area contributed by atoms with Crippen LogP contribution < -0.4 is 10.5 Å². The lowest BCUT2D eigenvalue weighted by Gasteiger charge is -2.21. The van der Waals surface area contributed by atoms with Crippen molar-refractivity contribution in [2.75, 3.05) is 18.0 Å². The number of carbonyl (C=O) groups excluding carboxylic acids is 1. The van der Waals surface area contributed by atoms with Gasteiger partial charge in [0.15, 0.2) is 17.0 Å². The summed E-state index contributed by atoms with van der Waals surface area (Å²) in [7, 11) is 1.76. The summed E-state index contributed by atoms with van der Waals surface area (Å²) >= 11 is 0. The Morgan fingerprint density at radius 3 is 2.61 bits per heavy atom. The van der Waals surface area contributed by atoms with Crippen LogP contribution in [-0.2, 0) is 13.6 Å². The molecule has 0 radical (unpaired) electrons. The Morgan fingerprint density at radius 2 is 1.87 bits per heavy atom. The highest BCUT2D eigenvalue weighted by atomic mass is 16.5. The van der Waals surface area contributed by atoms with E-state index in [2.05, 4.69) is 25.0 Å². The molecule has 4 heterocycles. The van der Waals surface area contributed by atoms with Gasteiger partial charge in [-0.15, -0.1) is 0 Å². The fourth-order valence-corrected chi connectivity index (χ4v) is 4.68. The molecule has 1 saturated heterocycles. The van der Waals surface area contributed by atoms with E-state index in [9.17, 15) is 9.59 Å². The largest absolute Gasteiger partial charge is 0.371 e. The Kier molecular flexibility index (Phi) is 3.83. The number of hydrogen-bond donors (Lipinski definition) is 0. The van der Waals surface area contributed by atoms with Gasteiger partial charge in [0, 0.05) is 37.3 Å². The number of aldehydes is 1. The molecule has 0 bridgehead atoms. The van der Waals surface area contributed by atoms with Gasteiger partial charge in [-0.25, -0.2) is 9.97 Å². The summed E-state index contributed by atoms with van der Waals surface area (Å²) in [4.78, 5) is 38.7. The van der Waals surface area contributed by atoms with Crippen LogP contribution in [0.25, 0.3) is 11.2 Å². The number of carbonyl (C=O) groups is 1. The molecule has 0 N–H and O–H groups in total. The second-order valence-electron chi connectivity index (χ2n) is 8.22. The topological polar surface area (TPSA) is 112 Å². The maximum absolute atomic E-state index is 12.7. The molecule has 2 atom stereocenters. The normalized spacial score (nSPS) is 22.1. The average Bonchev–Trinajstić information content (AvgIpc) is 3.21. The molecule has 10 heteroatoms. The van der Waals surface area contributed by atoms with Gasteiger partial charge in [0.05, 0.1) is 6.33 Å². The number of fused-ring (bicyclic) bond motifs is 2. The smallest absolute Gasteiger partial charge is 0.280 e. The van der Waals surface area contributed by atoms with Crippen molar-refractivity contribution in [3.63, 3.8) is 0 Å². The van der Waals surface area contributed by atoms with Crippen LogP contribution in [0.4, 0.5) is 5.69 Å². The number of nitrogens with zero attached hydrogens (tertiary/aromatic N) is 7. The van der Waals surface area contributed by atoms with Crippen molar-refractivity contribution < 1.29 is 9.32 Å². The maximum atomic E-state index is 12.7. The number of rotatable bonds is 5. The van der Waals surface area contributed by atoms with Gasteiger partial charge in [0.1, 0.15) is 19.2 Å². The summed E-state index contributed by atoms with van der Waals surface area (Å²) in [6.07, 6.45) is 3.88. The van der Waals surface area contributed by atoms with E-state index >= 15 is 0 Å². The summed E-state index contributed by atoms with van der Waals surface area (Å²) in [5, 5.41) is 4.18. The molecule has 4 aromatic rings. The van der Waals surface area contributed by atoms with Crippen molar-refractivity contribution in [2.24, 2.45) is 18.9 Å². The van der Waals surface area contributed by atoms with E-state index in [0.29, 0.717) is 40.3 Å². The molecular formula is C21H19N7O3. The van der Waals surface area contributed by atoms with Crippen LogP contribution in [0.1, 0.15) is 28.0 Å². The fraction of sp³-hybridized carbons (Fsp3) is 0.333. The SMILES string of the molecule is Cn1cnc2ncn(Cc3nc(C4C5CN(c6ccc(C=O)cc6)CC54)no3)c(=O)c21. The van der Waals surface area contributed by atoms with Gasteiger partial charge < -0.3 is 14.0 Å². The summed E-state index contributed by atoms with van der Waals surface area (Å²) in [6, 6.07) is 7.66. The van der Waals surface area contributed by atoms with Gasteiger partial charge >= 0.3 is 0 Å². The number of anilines is 1. The second-order valence-corrected chi connectivity index (χ2v) is 8.22. The van der Waals surface area contributed by atoms with Crippen LogP contribution in [0.15, 0.2) is 46.2 Å².